The lowest BCUT2D eigenvalue weighted by Gasteiger charge is -2.41. The van der Waals surface area contributed by atoms with Crippen LogP contribution in [0.3, 0.4) is 0 Å². The lowest BCUT2D eigenvalue weighted by molar-refractivity contribution is -0.143. The second kappa shape index (κ2) is 5.51. The van der Waals surface area contributed by atoms with Gasteiger partial charge in [-0.15, -0.1) is 0 Å². The highest BCUT2D eigenvalue weighted by Gasteiger charge is 2.46. The average Bonchev–Trinajstić information content (AvgIpc) is 2.97. The summed E-state index contributed by atoms with van der Waals surface area (Å²) in [6.45, 7) is 4.70. The first kappa shape index (κ1) is 14.1. The molecule has 2 amide bonds. The fraction of sp³-hybridized carbons (Fsp3) is 0.529. The van der Waals surface area contributed by atoms with Crippen LogP contribution in [0.1, 0.15) is 38.7 Å². The zero-order valence-corrected chi connectivity index (χ0v) is 12.7. The third kappa shape index (κ3) is 2.23. The molecule has 0 N–H and O–H groups in total. The Morgan fingerprint density at radius 3 is 2.71 bits per heavy atom. The molecule has 0 aromatic heterocycles. The van der Waals surface area contributed by atoms with Crippen molar-refractivity contribution in [3.8, 4) is 0 Å². The van der Waals surface area contributed by atoms with Crippen LogP contribution in [0.15, 0.2) is 24.3 Å². The minimum absolute atomic E-state index is 0.0863. The number of fused-ring (bicyclic) bond motifs is 1. The van der Waals surface area contributed by atoms with Crippen LogP contribution in [-0.2, 0) is 16.0 Å². The maximum Gasteiger partial charge on any atom is 0.250 e. The van der Waals surface area contributed by atoms with E-state index in [0.29, 0.717) is 0 Å². The molecule has 0 radical (unpaired) electrons. The standard InChI is InChI=1S/C17H22N2O2/c1-3-7-13-8-4-5-9-14(13)19-12(2)16(20)18-11-6-10-15(18)17(19)21/h4-5,8-9,12,15H,3,6-7,10-11H2,1-2H3. The number of carbonyl (C=O) groups is 2. The van der Waals surface area contributed by atoms with E-state index in [4.69, 9.17) is 0 Å². The Kier molecular flexibility index (Phi) is 3.70. The van der Waals surface area contributed by atoms with E-state index in [1.165, 1.54) is 0 Å². The molecule has 1 aromatic rings. The average molecular weight is 286 g/mol. The van der Waals surface area contributed by atoms with Gasteiger partial charge in [0.2, 0.25) is 5.91 Å². The summed E-state index contributed by atoms with van der Waals surface area (Å²) in [5, 5.41) is 0. The third-order valence-electron chi connectivity index (χ3n) is 4.57. The van der Waals surface area contributed by atoms with E-state index in [1.54, 1.807) is 9.80 Å². The Hall–Kier alpha value is -1.84. The van der Waals surface area contributed by atoms with Crippen LogP contribution in [0.4, 0.5) is 5.69 Å². The second-order valence-corrected chi connectivity index (χ2v) is 5.95. The lowest BCUT2D eigenvalue weighted by atomic mass is 10.0. The molecule has 0 aliphatic carbocycles. The molecule has 0 saturated carbocycles. The van der Waals surface area contributed by atoms with E-state index < -0.39 is 6.04 Å². The molecule has 21 heavy (non-hydrogen) atoms. The number of aryl methyl sites for hydroxylation is 1. The van der Waals surface area contributed by atoms with Crippen molar-refractivity contribution in [1.82, 2.24) is 4.90 Å². The monoisotopic (exact) mass is 286 g/mol. The number of carbonyl (C=O) groups excluding carboxylic acids is 2. The Balaban J connectivity index is 2.01. The van der Waals surface area contributed by atoms with Crippen molar-refractivity contribution in [2.45, 2.75) is 51.6 Å². The molecule has 2 fully saturated rings. The van der Waals surface area contributed by atoms with E-state index in [9.17, 15) is 9.59 Å². The lowest BCUT2D eigenvalue weighted by Crippen LogP contribution is -2.62. The highest BCUT2D eigenvalue weighted by molar-refractivity contribution is 6.08. The van der Waals surface area contributed by atoms with Gasteiger partial charge in [0.1, 0.15) is 12.1 Å². The number of amides is 2. The molecule has 2 unspecified atom stereocenters. The van der Waals surface area contributed by atoms with Crippen molar-refractivity contribution >= 4 is 17.5 Å². The zero-order valence-electron chi connectivity index (χ0n) is 12.7. The van der Waals surface area contributed by atoms with Crippen LogP contribution in [0.5, 0.6) is 0 Å². The number of anilines is 1. The largest absolute Gasteiger partial charge is 0.329 e. The second-order valence-electron chi connectivity index (χ2n) is 5.95. The van der Waals surface area contributed by atoms with Crippen molar-refractivity contribution < 1.29 is 9.59 Å². The Morgan fingerprint density at radius 2 is 1.95 bits per heavy atom. The van der Waals surface area contributed by atoms with Crippen molar-refractivity contribution in [2.24, 2.45) is 0 Å². The van der Waals surface area contributed by atoms with Crippen LogP contribution in [0, 0.1) is 0 Å². The van der Waals surface area contributed by atoms with Gasteiger partial charge in [-0.25, -0.2) is 0 Å². The van der Waals surface area contributed by atoms with Crippen LogP contribution in [0.25, 0.3) is 0 Å². The molecule has 1 aromatic carbocycles. The summed E-state index contributed by atoms with van der Waals surface area (Å²) < 4.78 is 0. The van der Waals surface area contributed by atoms with Crippen molar-refractivity contribution in [3.05, 3.63) is 29.8 Å². The highest BCUT2D eigenvalue weighted by Crippen LogP contribution is 2.32. The van der Waals surface area contributed by atoms with Crippen molar-refractivity contribution in [2.75, 3.05) is 11.4 Å². The van der Waals surface area contributed by atoms with E-state index >= 15 is 0 Å². The number of rotatable bonds is 3. The molecule has 0 bridgehead atoms. The summed E-state index contributed by atoms with van der Waals surface area (Å²) in [5.41, 5.74) is 2.07. The third-order valence-corrected chi connectivity index (χ3v) is 4.57. The van der Waals surface area contributed by atoms with Crippen molar-refractivity contribution in [3.63, 3.8) is 0 Å². The maximum absolute atomic E-state index is 12.9. The van der Waals surface area contributed by atoms with E-state index in [1.807, 2.05) is 25.1 Å². The summed E-state index contributed by atoms with van der Waals surface area (Å²) in [4.78, 5) is 28.9. The molecule has 112 valence electrons. The van der Waals surface area contributed by atoms with Crippen LogP contribution < -0.4 is 4.90 Å². The molecule has 2 aliphatic rings. The van der Waals surface area contributed by atoms with Gasteiger partial charge in [0, 0.05) is 12.2 Å². The summed E-state index contributed by atoms with van der Waals surface area (Å²) >= 11 is 0. The van der Waals surface area contributed by atoms with Gasteiger partial charge in [0.05, 0.1) is 0 Å². The molecule has 2 heterocycles. The normalized spacial score (nSPS) is 25.4. The summed E-state index contributed by atoms with van der Waals surface area (Å²) in [5.74, 6) is 0.173. The van der Waals surface area contributed by atoms with Crippen LogP contribution >= 0.6 is 0 Å². The maximum atomic E-state index is 12.9. The molecule has 0 spiro atoms. The number of hydrogen-bond acceptors (Lipinski definition) is 2. The zero-order chi connectivity index (χ0) is 15.0. The van der Waals surface area contributed by atoms with Gasteiger partial charge >= 0.3 is 0 Å². The SMILES string of the molecule is CCCc1ccccc1N1C(=O)C2CCCN2C(=O)C1C. The predicted molar refractivity (Wildman–Crippen MR) is 82.1 cm³/mol. The fourth-order valence-electron chi connectivity index (χ4n) is 3.54. The minimum atomic E-state index is -0.398. The van der Waals surface area contributed by atoms with Crippen molar-refractivity contribution in [1.29, 1.82) is 0 Å². The number of para-hydroxylation sites is 1. The molecular weight excluding hydrogens is 264 g/mol. The highest BCUT2D eigenvalue weighted by atomic mass is 16.2. The first-order valence-electron chi connectivity index (χ1n) is 7.86. The number of hydrogen-bond donors (Lipinski definition) is 0. The van der Waals surface area contributed by atoms with Crippen LogP contribution in [0.2, 0.25) is 0 Å². The fourth-order valence-corrected chi connectivity index (χ4v) is 3.54. The number of benzene rings is 1. The molecule has 3 rings (SSSR count). The van der Waals surface area contributed by atoms with Gasteiger partial charge < -0.3 is 4.90 Å². The van der Waals surface area contributed by atoms with E-state index in [0.717, 1.165) is 43.5 Å². The summed E-state index contributed by atoms with van der Waals surface area (Å²) in [6.07, 6.45) is 3.68. The van der Waals surface area contributed by atoms with E-state index in [2.05, 4.69) is 13.0 Å². The quantitative estimate of drug-likeness (QED) is 0.856. The number of nitrogens with zero attached hydrogens (tertiary/aromatic N) is 2. The van der Waals surface area contributed by atoms with Gasteiger partial charge in [-0.3, -0.25) is 14.5 Å². The van der Waals surface area contributed by atoms with Gasteiger partial charge in [0.15, 0.2) is 0 Å². The Labute approximate surface area is 125 Å². The summed E-state index contributed by atoms with van der Waals surface area (Å²) in [7, 11) is 0. The molecule has 4 heteroatoms. The van der Waals surface area contributed by atoms with Crippen LogP contribution in [-0.4, -0.2) is 35.3 Å². The summed E-state index contributed by atoms with van der Waals surface area (Å²) in [6, 6.07) is 7.33. The Morgan fingerprint density at radius 1 is 1.19 bits per heavy atom. The van der Waals surface area contributed by atoms with Gasteiger partial charge in [-0.1, -0.05) is 31.5 Å². The molecule has 2 atom stereocenters. The predicted octanol–water partition coefficient (Wildman–Crippen LogP) is 2.37. The van der Waals surface area contributed by atoms with Gasteiger partial charge in [-0.05, 0) is 37.8 Å². The topological polar surface area (TPSA) is 40.6 Å². The molecule has 2 aliphatic heterocycles. The molecule has 2 saturated heterocycles. The minimum Gasteiger partial charge on any atom is -0.329 e. The first-order chi connectivity index (χ1) is 10.1. The first-order valence-corrected chi connectivity index (χ1v) is 7.86. The van der Waals surface area contributed by atoms with Gasteiger partial charge in [0.25, 0.3) is 5.91 Å². The molecule has 4 nitrogen and oxygen atoms in total. The smallest absolute Gasteiger partial charge is 0.250 e. The Bertz CT molecular complexity index is 570. The van der Waals surface area contributed by atoms with E-state index in [-0.39, 0.29) is 17.9 Å². The number of piperazine rings is 1. The molecular formula is C17H22N2O2. The van der Waals surface area contributed by atoms with Gasteiger partial charge in [-0.2, -0.15) is 0 Å².